The van der Waals surface area contributed by atoms with E-state index in [0.29, 0.717) is 17.1 Å². The molecule has 1 aliphatic carbocycles. The minimum absolute atomic E-state index is 0.0432. The van der Waals surface area contributed by atoms with Gasteiger partial charge in [0.05, 0.1) is 0 Å². The molecule has 0 bridgehead atoms. The predicted molar refractivity (Wildman–Crippen MR) is 155 cm³/mol. The van der Waals surface area contributed by atoms with E-state index in [1.165, 1.54) is 56.9 Å². The quantitative estimate of drug-likeness (QED) is 0.428. The third-order valence-electron chi connectivity index (χ3n) is 8.29. The van der Waals surface area contributed by atoms with Gasteiger partial charge < -0.3 is 20.4 Å². The van der Waals surface area contributed by atoms with Gasteiger partial charge in [-0.05, 0) is 81.8 Å². The molecule has 0 unspecified atom stereocenters. The minimum Gasteiger partial charge on any atom is -0.361 e. The van der Waals surface area contributed by atoms with Crippen LogP contribution in [0.5, 0.6) is 0 Å². The molecule has 6 nitrogen and oxygen atoms in total. The van der Waals surface area contributed by atoms with Crippen molar-refractivity contribution >= 4 is 46.5 Å². The Morgan fingerprint density at radius 2 is 1.75 bits per heavy atom. The van der Waals surface area contributed by atoms with Gasteiger partial charge in [-0.25, -0.2) is 0 Å². The number of anilines is 3. The first kappa shape index (κ1) is 25.5. The molecule has 194 valence electrons. The second-order valence-corrected chi connectivity index (χ2v) is 11.6. The Morgan fingerprint density at radius 3 is 2.50 bits per heavy atom. The highest BCUT2D eigenvalue weighted by Crippen LogP contribution is 2.40. The molecule has 2 saturated heterocycles. The summed E-state index contributed by atoms with van der Waals surface area (Å²) >= 11 is 12.1. The van der Waals surface area contributed by atoms with Crippen molar-refractivity contribution < 1.29 is 0 Å². The number of rotatable bonds is 6. The van der Waals surface area contributed by atoms with Crippen molar-refractivity contribution in [1.82, 2.24) is 15.3 Å². The summed E-state index contributed by atoms with van der Waals surface area (Å²) in [5, 5.41) is 8.24. The molecule has 0 radical (unpaired) electrons. The Kier molecular flexibility index (Phi) is 8.16. The number of hydrogen-bond acceptors (Lipinski definition) is 5. The first-order chi connectivity index (χ1) is 17.5. The van der Waals surface area contributed by atoms with E-state index in [1.807, 2.05) is 6.07 Å². The average molecular weight is 527 g/mol. The molecular weight excluding hydrogens is 488 g/mol. The molecule has 2 N–H and O–H groups in total. The summed E-state index contributed by atoms with van der Waals surface area (Å²) in [5.41, 5.74) is 1.35. The van der Waals surface area contributed by atoms with Crippen LogP contribution in [-0.4, -0.2) is 47.3 Å². The van der Waals surface area contributed by atoms with Crippen LogP contribution in [0.3, 0.4) is 0 Å². The van der Waals surface area contributed by atoms with Gasteiger partial charge in [0, 0.05) is 48.7 Å². The van der Waals surface area contributed by atoms with Gasteiger partial charge in [0.15, 0.2) is 5.11 Å². The zero-order chi connectivity index (χ0) is 25.0. The summed E-state index contributed by atoms with van der Waals surface area (Å²) in [7, 11) is 0. The van der Waals surface area contributed by atoms with Crippen LogP contribution in [0.15, 0.2) is 30.3 Å². The van der Waals surface area contributed by atoms with E-state index in [4.69, 9.17) is 33.8 Å². The largest absolute Gasteiger partial charge is 0.361 e. The number of nitrogens with one attached hydrogen (secondary N) is 2. The fourth-order valence-electron chi connectivity index (χ4n) is 6.18. The maximum atomic E-state index is 6.37. The molecule has 0 spiro atoms. The fraction of sp³-hybridized carbons (Fsp3) is 0.607. The van der Waals surface area contributed by atoms with Crippen LogP contribution >= 0.6 is 23.8 Å². The zero-order valence-electron chi connectivity index (χ0n) is 21.4. The lowest BCUT2D eigenvalue weighted by Crippen LogP contribution is -2.43. The lowest BCUT2D eigenvalue weighted by molar-refractivity contribution is 0.292. The second-order valence-electron chi connectivity index (χ2n) is 10.8. The van der Waals surface area contributed by atoms with Crippen LogP contribution in [0, 0.1) is 0 Å². The van der Waals surface area contributed by atoms with Gasteiger partial charge in [0.2, 0.25) is 5.95 Å². The summed E-state index contributed by atoms with van der Waals surface area (Å²) < 4.78 is 0. The molecule has 5 rings (SSSR count). The molecule has 3 heterocycles. The van der Waals surface area contributed by atoms with Gasteiger partial charge in [0.1, 0.15) is 11.6 Å². The van der Waals surface area contributed by atoms with E-state index in [-0.39, 0.29) is 5.41 Å². The van der Waals surface area contributed by atoms with E-state index in [9.17, 15) is 0 Å². The van der Waals surface area contributed by atoms with Gasteiger partial charge >= 0.3 is 0 Å². The Morgan fingerprint density at radius 1 is 1.00 bits per heavy atom. The molecule has 3 aliphatic rings. The highest BCUT2D eigenvalue weighted by Gasteiger charge is 2.34. The first-order valence-corrected chi connectivity index (χ1v) is 14.5. The fourth-order valence-corrected chi connectivity index (χ4v) is 6.54. The summed E-state index contributed by atoms with van der Waals surface area (Å²) in [5.74, 6) is 2.60. The van der Waals surface area contributed by atoms with Gasteiger partial charge in [-0.2, -0.15) is 9.97 Å². The van der Waals surface area contributed by atoms with Crippen molar-refractivity contribution in [3.63, 3.8) is 0 Å². The van der Waals surface area contributed by atoms with Gasteiger partial charge in [0.25, 0.3) is 0 Å². The molecule has 1 aromatic heterocycles. The topological polar surface area (TPSA) is 56.3 Å². The maximum absolute atomic E-state index is 6.37. The van der Waals surface area contributed by atoms with E-state index >= 15 is 0 Å². The van der Waals surface area contributed by atoms with Crippen LogP contribution in [-0.2, 0) is 5.41 Å². The van der Waals surface area contributed by atoms with E-state index < -0.39 is 0 Å². The predicted octanol–water partition coefficient (Wildman–Crippen LogP) is 6.30. The van der Waals surface area contributed by atoms with Crippen molar-refractivity contribution in [2.45, 2.75) is 82.6 Å². The number of piperidine rings is 1. The number of aromatic nitrogens is 2. The molecule has 1 atom stereocenters. The van der Waals surface area contributed by atoms with Crippen molar-refractivity contribution in [2.75, 3.05) is 41.3 Å². The van der Waals surface area contributed by atoms with Crippen molar-refractivity contribution in [3.05, 3.63) is 40.9 Å². The second kappa shape index (κ2) is 11.5. The Bertz CT molecular complexity index is 1050. The van der Waals surface area contributed by atoms with Crippen molar-refractivity contribution in [1.29, 1.82) is 0 Å². The lowest BCUT2D eigenvalue weighted by Gasteiger charge is -2.38. The van der Waals surface area contributed by atoms with E-state index in [0.717, 1.165) is 55.7 Å². The van der Waals surface area contributed by atoms with E-state index in [1.54, 1.807) is 0 Å². The molecule has 36 heavy (non-hydrogen) atoms. The minimum atomic E-state index is 0.0432. The molecule has 0 amide bonds. The molecule has 3 fully saturated rings. The molecule has 8 heteroatoms. The van der Waals surface area contributed by atoms with E-state index in [2.05, 4.69) is 51.6 Å². The number of halogens is 1. The average Bonchev–Trinajstić information content (AvgIpc) is 3.44. The van der Waals surface area contributed by atoms with Crippen LogP contribution in [0.25, 0.3) is 0 Å². The standard InChI is InChI=1S/C28H39ClN6S/c1-21-10-3-6-17-35(21)25-19-24(34-15-7-8-16-34)31-26(32-25)33-27(36)30-20-28(13-4-2-5-14-28)22-11-9-12-23(29)18-22/h9,11-12,18-19,21H,2-8,10,13-17,20H2,1H3,(H2,30,31,32,33,36)/t21-/m1/s1. The normalized spacial score (nSPS) is 21.9. The molecule has 1 aromatic carbocycles. The molecule has 2 aliphatic heterocycles. The van der Waals surface area contributed by atoms with Crippen LogP contribution in [0.2, 0.25) is 5.02 Å². The Labute approximate surface area is 226 Å². The number of hydrogen-bond donors (Lipinski definition) is 2. The van der Waals surface area contributed by atoms with Crippen LogP contribution in [0.4, 0.5) is 17.6 Å². The summed E-state index contributed by atoms with van der Waals surface area (Å²) in [6.45, 7) is 6.23. The highest BCUT2D eigenvalue weighted by atomic mass is 35.5. The highest BCUT2D eigenvalue weighted by molar-refractivity contribution is 7.80. The Balaban J connectivity index is 1.33. The number of benzene rings is 1. The summed E-state index contributed by atoms with van der Waals surface area (Å²) in [4.78, 5) is 14.6. The molecule has 2 aromatic rings. The van der Waals surface area contributed by atoms with Gasteiger partial charge in [-0.3, -0.25) is 0 Å². The monoisotopic (exact) mass is 526 g/mol. The first-order valence-electron chi connectivity index (χ1n) is 13.7. The SMILES string of the molecule is C[C@@H]1CCCCN1c1cc(N2CCCC2)nc(NC(=S)NCC2(c3cccc(Cl)c3)CCCCC2)n1. The smallest absolute Gasteiger partial charge is 0.232 e. The van der Waals surface area contributed by atoms with Crippen molar-refractivity contribution in [3.8, 4) is 0 Å². The van der Waals surface area contributed by atoms with Crippen LogP contribution < -0.4 is 20.4 Å². The zero-order valence-corrected chi connectivity index (χ0v) is 23.0. The number of nitrogens with zero attached hydrogens (tertiary/aromatic N) is 4. The van der Waals surface area contributed by atoms with Gasteiger partial charge in [-0.15, -0.1) is 0 Å². The number of thiocarbonyl (C=S) groups is 1. The Hall–Kier alpha value is -2.12. The van der Waals surface area contributed by atoms with Crippen LogP contribution in [0.1, 0.15) is 76.7 Å². The van der Waals surface area contributed by atoms with Gasteiger partial charge in [-0.1, -0.05) is 43.0 Å². The molecule has 1 saturated carbocycles. The summed E-state index contributed by atoms with van der Waals surface area (Å²) in [6.07, 6.45) is 12.2. The maximum Gasteiger partial charge on any atom is 0.232 e. The summed E-state index contributed by atoms with van der Waals surface area (Å²) in [6, 6.07) is 11.0. The lowest BCUT2D eigenvalue weighted by atomic mass is 9.69. The van der Waals surface area contributed by atoms with Crippen molar-refractivity contribution in [2.24, 2.45) is 0 Å². The molecular formula is C28H39ClN6S. The third kappa shape index (κ3) is 5.88. The third-order valence-corrected chi connectivity index (χ3v) is 8.77.